The van der Waals surface area contributed by atoms with Crippen LogP contribution in [0, 0.1) is 5.92 Å². The first-order chi connectivity index (χ1) is 10.2. The summed E-state index contributed by atoms with van der Waals surface area (Å²) >= 11 is 6.34. The standard InChI is InChI=1S/C16H24ClN3O/c1-3-20(4-2)15(13-7-5-6-8-14(13)17)11-19-16(21)12-9-18-10-12/h5-8,12,15,18H,3-4,9-11H2,1-2H3,(H,19,21). The van der Waals surface area contributed by atoms with Gasteiger partial charge in [0.05, 0.1) is 12.0 Å². The van der Waals surface area contributed by atoms with Crippen molar-refractivity contribution < 1.29 is 4.79 Å². The number of carbonyl (C=O) groups excluding carboxylic acids is 1. The fourth-order valence-electron chi connectivity index (χ4n) is 2.66. The minimum Gasteiger partial charge on any atom is -0.354 e. The molecule has 1 aliphatic heterocycles. The van der Waals surface area contributed by atoms with Crippen LogP contribution in [0.4, 0.5) is 0 Å². The largest absolute Gasteiger partial charge is 0.354 e. The van der Waals surface area contributed by atoms with Crippen molar-refractivity contribution in [1.29, 1.82) is 0 Å². The molecule has 1 aromatic carbocycles. The molecule has 1 saturated heterocycles. The van der Waals surface area contributed by atoms with E-state index in [-0.39, 0.29) is 17.9 Å². The van der Waals surface area contributed by atoms with E-state index in [1.165, 1.54) is 0 Å². The summed E-state index contributed by atoms with van der Waals surface area (Å²) in [5.41, 5.74) is 1.08. The molecule has 0 radical (unpaired) electrons. The van der Waals surface area contributed by atoms with Crippen molar-refractivity contribution in [2.75, 3.05) is 32.7 Å². The summed E-state index contributed by atoms with van der Waals surface area (Å²) in [4.78, 5) is 14.4. The molecule has 0 saturated carbocycles. The molecule has 0 aliphatic carbocycles. The summed E-state index contributed by atoms with van der Waals surface area (Å²) in [6.07, 6.45) is 0. The van der Waals surface area contributed by atoms with E-state index >= 15 is 0 Å². The molecule has 1 atom stereocenters. The minimum atomic E-state index is 0.116. The van der Waals surface area contributed by atoms with Crippen LogP contribution < -0.4 is 10.6 Å². The smallest absolute Gasteiger partial charge is 0.225 e. The van der Waals surface area contributed by atoms with Crippen molar-refractivity contribution in [3.8, 4) is 0 Å². The zero-order chi connectivity index (χ0) is 15.2. The Morgan fingerprint density at radius 2 is 2.05 bits per heavy atom. The first-order valence-corrected chi connectivity index (χ1v) is 8.02. The number of benzene rings is 1. The van der Waals surface area contributed by atoms with E-state index in [0.29, 0.717) is 6.54 Å². The quantitative estimate of drug-likeness (QED) is 0.810. The van der Waals surface area contributed by atoms with Gasteiger partial charge in [-0.05, 0) is 24.7 Å². The maximum Gasteiger partial charge on any atom is 0.225 e. The predicted molar refractivity (Wildman–Crippen MR) is 86.5 cm³/mol. The van der Waals surface area contributed by atoms with Gasteiger partial charge < -0.3 is 10.6 Å². The highest BCUT2D eigenvalue weighted by Gasteiger charge is 2.27. The average molecular weight is 310 g/mol. The molecule has 2 N–H and O–H groups in total. The van der Waals surface area contributed by atoms with Crippen molar-refractivity contribution >= 4 is 17.5 Å². The van der Waals surface area contributed by atoms with Gasteiger partial charge in [-0.25, -0.2) is 0 Å². The molecule has 4 nitrogen and oxygen atoms in total. The Labute approximate surface area is 131 Å². The number of hydrogen-bond acceptors (Lipinski definition) is 3. The lowest BCUT2D eigenvalue weighted by Crippen LogP contribution is -2.52. The van der Waals surface area contributed by atoms with Crippen LogP contribution in [0.25, 0.3) is 0 Å². The molecule has 1 aromatic rings. The lowest BCUT2D eigenvalue weighted by atomic mass is 10.0. The fraction of sp³-hybridized carbons (Fsp3) is 0.562. The van der Waals surface area contributed by atoms with Gasteiger partial charge in [-0.15, -0.1) is 0 Å². The number of likely N-dealkylation sites (N-methyl/N-ethyl adjacent to an activating group) is 1. The molecule has 0 bridgehead atoms. The van der Waals surface area contributed by atoms with Gasteiger partial charge in [0, 0.05) is 24.7 Å². The van der Waals surface area contributed by atoms with Gasteiger partial charge in [-0.3, -0.25) is 9.69 Å². The number of carbonyl (C=O) groups is 1. The average Bonchev–Trinajstić information content (AvgIpc) is 2.42. The third-order valence-electron chi connectivity index (χ3n) is 4.14. The monoisotopic (exact) mass is 309 g/mol. The second-order valence-electron chi connectivity index (χ2n) is 5.36. The van der Waals surface area contributed by atoms with Gasteiger partial charge in [-0.2, -0.15) is 0 Å². The van der Waals surface area contributed by atoms with Crippen molar-refractivity contribution in [2.24, 2.45) is 5.92 Å². The molecule has 116 valence electrons. The van der Waals surface area contributed by atoms with Crippen LogP contribution in [-0.2, 0) is 4.79 Å². The topological polar surface area (TPSA) is 44.4 Å². The molecule has 5 heteroatoms. The first kappa shape index (κ1) is 16.3. The van der Waals surface area contributed by atoms with Gasteiger partial charge in [-0.1, -0.05) is 43.6 Å². The molecule has 1 amide bonds. The van der Waals surface area contributed by atoms with E-state index in [9.17, 15) is 4.79 Å². The summed E-state index contributed by atoms with van der Waals surface area (Å²) < 4.78 is 0. The Morgan fingerprint density at radius 1 is 1.38 bits per heavy atom. The van der Waals surface area contributed by atoms with Crippen molar-refractivity contribution in [3.63, 3.8) is 0 Å². The van der Waals surface area contributed by atoms with E-state index in [0.717, 1.165) is 36.8 Å². The van der Waals surface area contributed by atoms with Crippen molar-refractivity contribution in [1.82, 2.24) is 15.5 Å². The van der Waals surface area contributed by atoms with Crippen LogP contribution >= 0.6 is 11.6 Å². The van der Waals surface area contributed by atoms with E-state index in [1.807, 2.05) is 24.3 Å². The number of nitrogens with zero attached hydrogens (tertiary/aromatic N) is 1. The number of halogens is 1. The second-order valence-corrected chi connectivity index (χ2v) is 5.77. The lowest BCUT2D eigenvalue weighted by molar-refractivity contribution is -0.126. The fourth-order valence-corrected chi connectivity index (χ4v) is 2.92. The predicted octanol–water partition coefficient (Wildman–Crippen LogP) is 2.06. The molecule has 1 fully saturated rings. The van der Waals surface area contributed by atoms with E-state index in [2.05, 4.69) is 29.4 Å². The van der Waals surface area contributed by atoms with Crippen molar-refractivity contribution in [2.45, 2.75) is 19.9 Å². The second kappa shape index (κ2) is 7.78. The normalized spacial score (nSPS) is 16.6. The maximum atomic E-state index is 12.0. The van der Waals surface area contributed by atoms with Crippen LogP contribution in [0.2, 0.25) is 5.02 Å². The minimum absolute atomic E-state index is 0.116. The summed E-state index contributed by atoms with van der Waals surface area (Å²) in [7, 11) is 0. The van der Waals surface area contributed by atoms with Gasteiger partial charge in [0.25, 0.3) is 0 Å². The SMILES string of the molecule is CCN(CC)C(CNC(=O)C1CNC1)c1ccccc1Cl. The Kier molecular flexibility index (Phi) is 6.03. The van der Waals surface area contributed by atoms with Gasteiger partial charge >= 0.3 is 0 Å². The zero-order valence-electron chi connectivity index (χ0n) is 12.7. The lowest BCUT2D eigenvalue weighted by Gasteiger charge is -2.32. The molecule has 21 heavy (non-hydrogen) atoms. The summed E-state index contributed by atoms with van der Waals surface area (Å²) in [6, 6.07) is 8.00. The third-order valence-corrected chi connectivity index (χ3v) is 4.48. The highest BCUT2D eigenvalue weighted by atomic mass is 35.5. The molecule has 0 aromatic heterocycles. The maximum absolute atomic E-state index is 12.0. The molecular weight excluding hydrogens is 286 g/mol. The van der Waals surface area contributed by atoms with E-state index in [4.69, 9.17) is 11.6 Å². The Morgan fingerprint density at radius 3 is 2.57 bits per heavy atom. The van der Waals surface area contributed by atoms with Gasteiger partial charge in [0.1, 0.15) is 0 Å². The van der Waals surface area contributed by atoms with Crippen LogP contribution in [0.1, 0.15) is 25.5 Å². The number of hydrogen-bond donors (Lipinski definition) is 2. The van der Waals surface area contributed by atoms with Crippen LogP contribution in [0.3, 0.4) is 0 Å². The molecule has 1 unspecified atom stereocenters. The third kappa shape index (κ3) is 3.96. The van der Waals surface area contributed by atoms with Gasteiger partial charge in [0.2, 0.25) is 5.91 Å². The molecule has 2 rings (SSSR count). The molecule has 0 spiro atoms. The summed E-state index contributed by atoms with van der Waals surface area (Å²) in [5.74, 6) is 0.256. The highest BCUT2D eigenvalue weighted by molar-refractivity contribution is 6.31. The number of nitrogens with one attached hydrogen (secondary N) is 2. The first-order valence-electron chi connectivity index (χ1n) is 7.64. The van der Waals surface area contributed by atoms with Crippen LogP contribution in [0.15, 0.2) is 24.3 Å². The molecular formula is C16H24ClN3O. The zero-order valence-corrected chi connectivity index (χ0v) is 13.5. The van der Waals surface area contributed by atoms with Crippen molar-refractivity contribution in [3.05, 3.63) is 34.9 Å². The number of amides is 1. The molecule has 1 heterocycles. The highest BCUT2D eigenvalue weighted by Crippen LogP contribution is 2.27. The van der Waals surface area contributed by atoms with Crippen LogP contribution in [0.5, 0.6) is 0 Å². The Balaban J connectivity index is 2.08. The summed E-state index contributed by atoms with van der Waals surface area (Å²) in [6.45, 7) is 8.28. The Bertz CT molecular complexity index is 472. The van der Waals surface area contributed by atoms with Gasteiger partial charge in [0.15, 0.2) is 0 Å². The number of rotatable bonds is 7. The van der Waals surface area contributed by atoms with E-state index in [1.54, 1.807) is 0 Å². The summed E-state index contributed by atoms with van der Waals surface area (Å²) in [5, 5.41) is 6.96. The Hall–Kier alpha value is -1.10. The van der Waals surface area contributed by atoms with Crippen LogP contribution in [-0.4, -0.2) is 43.5 Å². The molecule has 1 aliphatic rings. The van der Waals surface area contributed by atoms with E-state index < -0.39 is 0 Å².